The van der Waals surface area contributed by atoms with Crippen LogP contribution in [0.1, 0.15) is 37.5 Å². The minimum atomic E-state index is 0.595. The molecule has 0 atom stereocenters. The lowest BCUT2D eigenvalue weighted by atomic mass is 9.98. The van der Waals surface area contributed by atoms with Crippen molar-refractivity contribution in [2.75, 3.05) is 0 Å². The van der Waals surface area contributed by atoms with E-state index in [0.29, 0.717) is 5.71 Å². The molecule has 0 spiro atoms. The fourth-order valence-corrected chi connectivity index (χ4v) is 1.49. The number of rotatable bonds is 2. The third kappa shape index (κ3) is 3.70. The van der Waals surface area contributed by atoms with Gasteiger partial charge in [-0.2, -0.15) is 0 Å². The molecule has 0 aliphatic carbocycles. The lowest BCUT2D eigenvalue weighted by Gasteiger charge is -2.07. The van der Waals surface area contributed by atoms with Gasteiger partial charge in [0.05, 0.1) is 5.71 Å². The largest absolute Gasteiger partial charge is 0.300 e. The van der Waals surface area contributed by atoms with Gasteiger partial charge < -0.3 is 5.41 Å². The van der Waals surface area contributed by atoms with Crippen molar-refractivity contribution in [1.29, 1.82) is 5.41 Å². The summed E-state index contributed by atoms with van der Waals surface area (Å²) in [6.45, 7) is 10.0. The molecule has 1 heteroatoms. The van der Waals surface area contributed by atoms with Gasteiger partial charge in [-0.3, -0.25) is 0 Å². The van der Waals surface area contributed by atoms with Crippen molar-refractivity contribution in [3.05, 3.63) is 47.0 Å². The number of aryl methyl sites for hydroxylation is 2. The highest BCUT2D eigenvalue weighted by atomic mass is 14.4. The van der Waals surface area contributed by atoms with Crippen LogP contribution in [0.15, 0.2) is 30.4 Å². The first-order valence-electron chi connectivity index (χ1n) is 5.44. The lowest BCUT2D eigenvalue weighted by molar-refractivity contribution is 1.33. The van der Waals surface area contributed by atoms with Crippen LogP contribution in [0.4, 0.5) is 0 Å². The monoisotopic (exact) mass is 203 g/mol. The van der Waals surface area contributed by atoms with E-state index in [9.17, 15) is 0 Å². The van der Waals surface area contributed by atoms with E-state index in [2.05, 4.69) is 0 Å². The van der Waals surface area contributed by atoms with Crippen LogP contribution < -0.4 is 0 Å². The summed E-state index contributed by atoms with van der Waals surface area (Å²) in [4.78, 5) is 0. The Morgan fingerprint density at radius 2 is 1.60 bits per heavy atom. The molecule has 0 fully saturated rings. The molecular weight excluding hydrogens is 182 g/mol. The maximum absolute atomic E-state index is 7.82. The second-order valence-electron chi connectivity index (χ2n) is 3.18. The van der Waals surface area contributed by atoms with Gasteiger partial charge in [-0.1, -0.05) is 38.1 Å². The zero-order chi connectivity index (χ0) is 11.8. The molecule has 82 valence electrons. The Labute approximate surface area is 93.4 Å². The van der Waals surface area contributed by atoms with Crippen LogP contribution >= 0.6 is 0 Å². The molecule has 0 heterocycles. The van der Waals surface area contributed by atoms with Crippen molar-refractivity contribution >= 4 is 5.71 Å². The Balaban J connectivity index is 0.000000921. The summed E-state index contributed by atoms with van der Waals surface area (Å²) in [5.41, 5.74) is 3.99. The quantitative estimate of drug-likeness (QED) is 0.694. The molecule has 0 saturated heterocycles. The number of hydrogen-bond donors (Lipinski definition) is 1. The number of benzene rings is 1. The summed E-state index contributed by atoms with van der Waals surface area (Å²) >= 11 is 0. The van der Waals surface area contributed by atoms with E-state index in [-0.39, 0.29) is 0 Å². The lowest BCUT2D eigenvalue weighted by Crippen LogP contribution is -2.00. The van der Waals surface area contributed by atoms with Crippen molar-refractivity contribution in [3.8, 4) is 0 Å². The first-order chi connectivity index (χ1) is 7.16. The summed E-state index contributed by atoms with van der Waals surface area (Å²) < 4.78 is 0. The van der Waals surface area contributed by atoms with E-state index >= 15 is 0 Å². The highest BCUT2D eigenvalue weighted by Crippen LogP contribution is 2.14. The molecule has 1 aromatic rings. The van der Waals surface area contributed by atoms with E-state index in [1.54, 1.807) is 0 Å². The van der Waals surface area contributed by atoms with Crippen LogP contribution in [0, 0.1) is 19.3 Å². The Hall–Kier alpha value is -1.37. The fourth-order valence-electron chi connectivity index (χ4n) is 1.49. The third-order valence-corrected chi connectivity index (χ3v) is 2.08. The van der Waals surface area contributed by atoms with Gasteiger partial charge >= 0.3 is 0 Å². The van der Waals surface area contributed by atoms with Gasteiger partial charge in [0.25, 0.3) is 0 Å². The average Bonchev–Trinajstić information content (AvgIpc) is 2.21. The van der Waals surface area contributed by atoms with E-state index in [1.807, 2.05) is 65.0 Å². The molecule has 1 rings (SSSR count). The van der Waals surface area contributed by atoms with Crippen molar-refractivity contribution in [2.24, 2.45) is 0 Å². The first kappa shape index (κ1) is 13.6. The van der Waals surface area contributed by atoms with Crippen molar-refractivity contribution < 1.29 is 0 Å². The Kier molecular flexibility index (Phi) is 6.35. The Bertz CT molecular complexity index is 328. The standard InChI is InChI=1S/C12H15N.C2H6/c1-4-6-11(13)12-9(2)7-5-8-10(12)3;1-2/h4-8,13H,1-3H3;1-2H3/b6-4-,13-11?;. The molecule has 0 aromatic heterocycles. The van der Waals surface area contributed by atoms with E-state index < -0.39 is 0 Å². The highest BCUT2D eigenvalue weighted by Gasteiger charge is 2.04. The Morgan fingerprint density at radius 1 is 1.13 bits per heavy atom. The summed E-state index contributed by atoms with van der Waals surface area (Å²) in [5.74, 6) is 0. The van der Waals surface area contributed by atoms with E-state index in [0.717, 1.165) is 5.56 Å². The van der Waals surface area contributed by atoms with Gasteiger partial charge in [0.15, 0.2) is 0 Å². The number of hydrogen-bond acceptors (Lipinski definition) is 1. The van der Waals surface area contributed by atoms with Gasteiger partial charge in [-0.05, 0) is 38.0 Å². The molecule has 15 heavy (non-hydrogen) atoms. The first-order valence-corrected chi connectivity index (χ1v) is 5.44. The van der Waals surface area contributed by atoms with Crippen molar-refractivity contribution in [1.82, 2.24) is 0 Å². The molecule has 1 nitrogen and oxygen atoms in total. The predicted octanol–water partition coefficient (Wildman–Crippen LogP) is 4.27. The van der Waals surface area contributed by atoms with Crippen molar-refractivity contribution in [3.63, 3.8) is 0 Å². The zero-order valence-corrected chi connectivity index (χ0v) is 10.4. The molecule has 0 unspecified atom stereocenters. The minimum absolute atomic E-state index is 0.595. The average molecular weight is 203 g/mol. The molecule has 0 aliphatic rings. The van der Waals surface area contributed by atoms with Crippen LogP contribution in [0.25, 0.3) is 0 Å². The molecular formula is C14H21N. The van der Waals surface area contributed by atoms with Gasteiger partial charge in [0, 0.05) is 5.56 Å². The van der Waals surface area contributed by atoms with Crippen LogP contribution in [0.2, 0.25) is 0 Å². The van der Waals surface area contributed by atoms with Gasteiger partial charge in [-0.25, -0.2) is 0 Å². The van der Waals surface area contributed by atoms with Crippen LogP contribution in [0.5, 0.6) is 0 Å². The summed E-state index contributed by atoms with van der Waals surface area (Å²) in [7, 11) is 0. The molecule has 0 amide bonds. The van der Waals surface area contributed by atoms with E-state index in [4.69, 9.17) is 5.41 Å². The van der Waals surface area contributed by atoms with Crippen LogP contribution in [0.3, 0.4) is 0 Å². The second kappa shape index (κ2) is 6.99. The maximum Gasteiger partial charge on any atom is 0.0614 e. The summed E-state index contributed by atoms with van der Waals surface area (Å²) in [6, 6.07) is 6.11. The smallest absolute Gasteiger partial charge is 0.0614 e. The normalized spacial score (nSPS) is 9.67. The van der Waals surface area contributed by atoms with E-state index in [1.165, 1.54) is 11.1 Å². The van der Waals surface area contributed by atoms with Gasteiger partial charge in [0.1, 0.15) is 0 Å². The van der Waals surface area contributed by atoms with Crippen LogP contribution in [-0.4, -0.2) is 5.71 Å². The molecule has 0 aliphatic heterocycles. The highest BCUT2D eigenvalue weighted by molar-refractivity contribution is 6.08. The summed E-state index contributed by atoms with van der Waals surface area (Å²) in [5, 5.41) is 7.82. The van der Waals surface area contributed by atoms with Crippen molar-refractivity contribution in [2.45, 2.75) is 34.6 Å². The van der Waals surface area contributed by atoms with Gasteiger partial charge in [-0.15, -0.1) is 0 Å². The SMILES string of the molecule is C/C=C\C(=N)c1c(C)cccc1C.CC. The van der Waals surface area contributed by atoms with Crippen LogP contribution in [-0.2, 0) is 0 Å². The Morgan fingerprint density at radius 3 is 2.00 bits per heavy atom. The topological polar surface area (TPSA) is 23.9 Å². The fraction of sp³-hybridized carbons (Fsp3) is 0.357. The maximum atomic E-state index is 7.82. The molecule has 1 aromatic carbocycles. The zero-order valence-electron chi connectivity index (χ0n) is 10.4. The minimum Gasteiger partial charge on any atom is -0.300 e. The predicted molar refractivity (Wildman–Crippen MR) is 68.9 cm³/mol. The molecule has 0 bridgehead atoms. The number of allylic oxidation sites excluding steroid dienone is 2. The molecule has 0 saturated carbocycles. The number of nitrogens with one attached hydrogen (secondary N) is 1. The third-order valence-electron chi connectivity index (χ3n) is 2.08. The molecule has 1 N–H and O–H groups in total. The second-order valence-corrected chi connectivity index (χ2v) is 3.18. The van der Waals surface area contributed by atoms with Gasteiger partial charge in [0.2, 0.25) is 0 Å². The summed E-state index contributed by atoms with van der Waals surface area (Å²) in [6.07, 6.45) is 3.73. The molecule has 0 radical (unpaired) electrons.